The van der Waals surface area contributed by atoms with E-state index in [1.165, 1.54) is 6.07 Å². The van der Waals surface area contributed by atoms with Crippen LogP contribution >= 0.6 is 0 Å². The van der Waals surface area contributed by atoms with Gasteiger partial charge in [-0.15, -0.1) is 0 Å². The molecule has 172 valence electrons. The second kappa shape index (κ2) is 10.0. The number of aromatic hydroxyl groups is 1. The summed E-state index contributed by atoms with van der Waals surface area (Å²) in [6.07, 6.45) is 4.23. The molecule has 0 radical (unpaired) electrons. The van der Waals surface area contributed by atoms with E-state index in [9.17, 15) is 14.7 Å². The molecule has 0 saturated carbocycles. The molecule has 2 aromatic carbocycles. The normalized spacial score (nSPS) is 11.6. The Balaban J connectivity index is 1.87. The Bertz CT molecular complexity index is 1380. The summed E-state index contributed by atoms with van der Waals surface area (Å²) in [7, 11) is 0. The van der Waals surface area contributed by atoms with Crippen LogP contribution in [0.25, 0.3) is 33.1 Å². The van der Waals surface area contributed by atoms with Gasteiger partial charge in [-0.1, -0.05) is 44.9 Å². The fourth-order valence-corrected chi connectivity index (χ4v) is 4.15. The van der Waals surface area contributed by atoms with Gasteiger partial charge in [-0.25, -0.2) is 9.59 Å². The van der Waals surface area contributed by atoms with E-state index in [2.05, 4.69) is 18.7 Å². The van der Waals surface area contributed by atoms with Crippen LogP contribution in [0.5, 0.6) is 5.75 Å². The van der Waals surface area contributed by atoms with Crippen molar-refractivity contribution in [1.82, 2.24) is 4.90 Å². The first-order valence-corrected chi connectivity index (χ1v) is 11.6. The highest BCUT2D eigenvalue weighted by molar-refractivity contribution is 5.97. The fraction of sp³-hybridized carbons (Fsp3) is 0.333. The van der Waals surface area contributed by atoms with E-state index >= 15 is 0 Å². The summed E-state index contributed by atoms with van der Waals surface area (Å²) in [5, 5.41) is 12.0. The molecule has 2 aromatic heterocycles. The van der Waals surface area contributed by atoms with Gasteiger partial charge in [0.25, 0.3) is 0 Å². The molecule has 1 N–H and O–H groups in total. The number of nitrogens with zero attached hydrogens (tertiary/aromatic N) is 1. The van der Waals surface area contributed by atoms with Crippen LogP contribution < -0.4 is 11.3 Å². The van der Waals surface area contributed by atoms with Crippen molar-refractivity contribution in [3.8, 4) is 16.9 Å². The van der Waals surface area contributed by atoms with Gasteiger partial charge in [-0.05, 0) is 50.2 Å². The van der Waals surface area contributed by atoms with E-state index in [1.807, 2.05) is 12.1 Å². The maximum absolute atomic E-state index is 12.8. The van der Waals surface area contributed by atoms with Gasteiger partial charge in [0.15, 0.2) is 0 Å². The molecular formula is C27H29NO5. The number of rotatable bonds is 9. The predicted molar refractivity (Wildman–Crippen MR) is 131 cm³/mol. The Labute approximate surface area is 192 Å². The Kier molecular flexibility index (Phi) is 6.94. The number of hydrogen-bond acceptors (Lipinski definition) is 6. The Hall–Kier alpha value is -3.38. The molecule has 0 aliphatic rings. The molecule has 0 amide bonds. The Morgan fingerprint density at radius 3 is 2.33 bits per heavy atom. The van der Waals surface area contributed by atoms with Gasteiger partial charge in [0.2, 0.25) is 0 Å². The van der Waals surface area contributed by atoms with Crippen LogP contribution in [-0.2, 0) is 6.54 Å². The molecule has 4 aromatic rings. The minimum absolute atomic E-state index is 0.0753. The zero-order valence-corrected chi connectivity index (χ0v) is 19.1. The van der Waals surface area contributed by atoms with Crippen LogP contribution in [0.3, 0.4) is 0 Å². The van der Waals surface area contributed by atoms with Crippen molar-refractivity contribution in [2.24, 2.45) is 0 Å². The zero-order valence-electron chi connectivity index (χ0n) is 19.1. The van der Waals surface area contributed by atoms with Gasteiger partial charge < -0.3 is 13.9 Å². The summed E-state index contributed by atoms with van der Waals surface area (Å²) < 4.78 is 11.1. The molecule has 6 nitrogen and oxygen atoms in total. The molecule has 6 heteroatoms. The summed E-state index contributed by atoms with van der Waals surface area (Å²) in [6, 6.07) is 13.6. The van der Waals surface area contributed by atoms with E-state index in [0.29, 0.717) is 34.2 Å². The third kappa shape index (κ3) is 4.86. The highest BCUT2D eigenvalue weighted by Gasteiger charge is 2.19. The number of phenols is 1. The van der Waals surface area contributed by atoms with E-state index in [1.54, 1.807) is 30.3 Å². The minimum Gasteiger partial charge on any atom is -0.507 e. The molecule has 0 spiro atoms. The molecule has 0 aliphatic carbocycles. The van der Waals surface area contributed by atoms with Gasteiger partial charge in [0.1, 0.15) is 16.9 Å². The Morgan fingerprint density at radius 1 is 0.879 bits per heavy atom. The lowest BCUT2D eigenvalue weighted by Crippen LogP contribution is -2.26. The third-order valence-corrected chi connectivity index (χ3v) is 5.96. The van der Waals surface area contributed by atoms with Crippen molar-refractivity contribution in [3.63, 3.8) is 0 Å². The average Bonchev–Trinajstić information content (AvgIpc) is 2.81. The molecule has 33 heavy (non-hydrogen) atoms. The summed E-state index contributed by atoms with van der Waals surface area (Å²) >= 11 is 0. The lowest BCUT2D eigenvalue weighted by atomic mass is 9.99. The lowest BCUT2D eigenvalue weighted by Gasteiger charge is -2.23. The summed E-state index contributed by atoms with van der Waals surface area (Å²) in [6.45, 7) is 6.54. The molecule has 0 bridgehead atoms. The van der Waals surface area contributed by atoms with E-state index in [-0.39, 0.29) is 11.3 Å². The first-order valence-electron chi connectivity index (χ1n) is 11.6. The molecular weight excluding hydrogens is 418 g/mol. The van der Waals surface area contributed by atoms with Gasteiger partial charge in [0, 0.05) is 28.9 Å². The number of fused-ring (bicyclic) bond motifs is 2. The maximum Gasteiger partial charge on any atom is 0.344 e. The second-order valence-corrected chi connectivity index (χ2v) is 8.39. The quantitative estimate of drug-likeness (QED) is 0.333. The topological polar surface area (TPSA) is 83.9 Å². The van der Waals surface area contributed by atoms with Gasteiger partial charge in [-0.3, -0.25) is 4.90 Å². The predicted octanol–water partition coefficient (Wildman–Crippen LogP) is 5.67. The van der Waals surface area contributed by atoms with Crippen molar-refractivity contribution in [1.29, 1.82) is 0 Å². The zero-order chi connectivity index (χ0) is 23.4. The molecule has 0 aliphatic heterocycles. The van der Waals surface area contributed by atoms with Crippen molar-refractivity contribution in [2.75, 3.05) is 13.1 Å². The Morgan fingerprint density at radius 2 is 1.61 bits per heavy atom. The monoisotopic (exact) mass is 447 g/mol. The molecule has 0 saturated heterocycles. The van der Waals surface area contributed by atoms with E-state index in [0.717, 1.165) is 44.2 Å². The summed E-state index contributed by atoms with van der Waals surface area (Å²) in [4.78, 5) is 27.6. The SMILES string of the molecule is CCCCN(CCCC)Cc1c(O)ccc2c(-c3cc4ccccc4oc3=O)cc(=O)oc12. The third-order valence-electron chi connectivity index (χ3n) is 5.96. The van der Waals surface area contributed by atoms with E-state index in [4.69, 9.17) is 8.83 Å². The highest BCUT2D eigenvalue weighted by Crippen LogP contribution is 2.33. The smallest absolute Gasteiger partial charge is 0.344 e. The van der Waals surface area contributed by atoms with Crippen molar-refractivity contribution in [2.45, 2.75) is 46.1 Å². The molecule has 0 atom stereocenters. The number of benzene rings is 2. The van der Waals surface area contributed by atoms with Crippen molar-refractivity contribution >= 4 is 21.9 Å². The van der Waals surface area contributed by atoms with Crippen LogP contribution in [0.1, 0.15) is 45.1 Å². The van der Waals surface area contributed by atoms with Gasteiger partial charge in [-0.2, -0.15) is 0 Å². The molecule has 0 unspecified atom stereocenters. The van der Waals surface area contributed by atoms with Crippen LogP contribution in [0.2, 0.25) is 0 Å². The average molecular weight is 448 g/mol. The maximum atomic E-state index is 12.8. The summed E-state index contributed by atoms with van der Waals surface area (Å²) in [5.74, 6) is 0.0753. The van der Waals surface area contributed by atoms with Crippen molar-refractivity contribution in [3.05, 3.63) is 74.9 Å². The fourth-order valence-electron chi connectivity index (χ4n) is 4.15. The van der Waals surface area contributed by atoms with Crippen LogP contribution in [0.15, 0.2) is 67.0 Å². The van der Waals surface area contributed by atoms with Crippen LogP contribution in [0.4, 0.5) is 0 Å². The minimum atomic E-state index is -0.578. The second-order valence-electron chi connectivity index (χ2n) is 8.39. The highest BCUT2D eigenvalue weighted by atomic mass is 16.4. The molecule has 4 rings (SSSR count). The number of para-hydroxylation sites is 1. The summed E-state index contributed by atoms with van der Waals surface area (Å²) in [5.41, 5.74) is 0.979. The van der Waals surface area contributed by atoms with E-state index < -0.39 is 11.3 Å². The van der Waals surface area contributed by atoms with Crippen LogP contribution in [0, 0.1) is 0 Å². The van der Waals surface area contributed by atoms with Gasteiger partial charge >= 0.3 is 11.3 Å². The standard InChI is InChI=1S/C27H29NO5/c1-3-5-13-28(14-6-4-2)17-22-23(29)12-11-19-20(16-25(30)33-26(19)22)21-15-18-9-7-8-10-24(18)32-27(21)31/h7-12,15-16,29H,3-6,13-14,17H2,1-2H3. The first kappa shape index (κ1) is 22.8. The number of unbranched alkanes of at least 4 members (excludes halogenated alkanes) is 2. The van der Waals surface area contributed by atoms with Crippen molar-refractivity contribution < 1.29 is 13.9 Å². The number of hydrogen-bond donors (Lipinski definition) is 1. The van der Waals surface area contributed by atoms with Crippen LogP contribution in [-0.4, -0.2) is 23.1 Å². The molecule has 2 heterocycles. The van der Waals surface area contributed by atoms with Gasteiger partial charge in [0.05, 0.1) is 11.1 Å². The molecule has 0 fully saturated rings. The largest absolute Gasteiger partial charge is 0.507 e. The first-order chi connectivity index (χ1) is 16.0. The number of phenolic OH excluding ortho intramolecular Hbond substituents is 1. The lowest BCUT2D eigenvalue weighted by molar-refractivity contribution is 0.253.